The molecule has 2 aliphatic rings. The van der Waals surface area contributed by atoms with Crippen LogP contribution in [0.2, 0.25) is 0 Å². The third kappa shape index (κ3) is 8.69. The van der Waals surface area contributed by atoms with Gasteiger partial charge in [-0.15, -0.1) is 0 Å². The predicted octanol–water partition coefficient (Wildman–Crippen LogP) is 4.67. The number of rotatable bonds is 12. The van der Waals surface area contributed by atoms with Gasteiger partial charge in [-0.05, 0) is 55.5 Å². The number of aryl methyl sites for hydroxylation is 1. The molecule has 244 valence electrons. The van der Waals surface area contributed by atoms with Crippen LogP contribution in [0.1, 0.15) is 43.1 Å². The lowest BCUT2D eigenvalue weighted by molar-refractivity contribution is -0.138. The van der Waals surface area contributed by atoms with Crippen LogP contribution in [0.25, 0.3) is 0 Å². The molecule has 2 fully saturated rings. The molecule has 0 bridgehead atoms. The van der Waals surface area contributed by atoms with Gasteiger partial charge >= 0.3 is 24.1 Å². The van der Waals surface area contributed by atoms with Crippen LogP contribution in [-0.2, 0) is 28.5 Å². The third-order valence-corrected chi connectivity index (χ3v) is 7.50. The first-order valence-corrected chi connectivity index (χ1v) is 14.8. The van der Waals surface area contributed by atoms with Gasteiger partial charge in [0, 0.05) is 24.0 Å². The monoisotopic (exact) mass is 644 g/mol. The number of carbonyl (C=O) groups excluding carboxylic acids is 5. The summed E-state index contributed by atoms with van der Waals surface area (Å²) in [6, 6.07) is 18.8. The van der Waals surface area contributed by atoms with E-state index >= 15 is 0 Å². The molecule has 0 aromatic heterocycles. The maximum atomic E-state index is 12.9. The van der Waals surface area contributed by atoms with Crippen LogP contribution in [0.5, 0.6) is 11.5 Å². The molecule has 0 radical (unpaired) electrons. The summed E-state index contributed by atoms with van der Waals surface area (Å²) in [6.45, 7) is 5.34. The van der Waals surface area contributed by atoms with Crippen LogP contribution in [0.3, 0.4) is 0 Å². The van der Waals surface area contributed by atoms with Gasteiger partial charge in [0.1, 0.15) is 30.8 Å². The Morgan fingerprint density at radius 1 is 0.723 bits per heavy atom. The molecule has 0 spiro atoms. The Labute approximate surface area is 270 Å². The normalized spacial score (nSPS) is 19.6. The number of benzene rings is 3. The van der Waals surface area contributed by atoms with Gasteiger partial charge in [0.25, 0.3) is 0 Å². The zero-order valence-electron chi connectivity index (χ0n) is 25.5. The van der Waals surface area contributed by atoms with E-state index in [1.54, 1.807) is 0 Å². The minimum absolute atomic E-state index is 0.00988. The zero-order chi connectivity index (χ0) is 33.3. The maximum absolute atomic E-state index is 12.9. The molecule has 0 unspecified atom stereocenters. The third-order valence-electron chi connectivity index (χ3n) is 7.50. The highest BCUT2D eigenvalue weighted by Gasteiger charge is 2.49. The lowest BCUT2D eigenvalue weighted by Gasteiger charge is -2.17. The zero-order valence-corrected chi connectivity index (χ0v) is 25.5. The standard InChI is InChI=1S/C35H32O12/c1-3-30(37)41-16-17-42-35(40)46-27-14-10-23(11-15-27)33(38)45-26-12-8-24(9-13-26)34(39)47-29-20-44-31-25(19-43-32(29)31)18-28(36)22-6-4-21(2)5-7-22/h3-15,25,29,31-32H,1,16-20H2,2H3/t25-,29+,31-,32-/m1/s1. The Kier molecular flexibility index (Phi) is 10.8. The lowest BCUT2D eigenvalue weighted by atomic mass is 9.93. The summed E-state index contributed by atoms with van der Waals surface area (Å²) in [5.41, 5.74) is 2.13. The van der Waals surface area contributed by atoms with Crippen LogP contribution in [-0.4, -0.2) is 74.6 Å². The maximum Gasteiger partial charge on any atom is 0.513 e. The molecule has 12 nitrogen and oxygen atoms in total. The molecule has 0 N–H and O–H groups in total. The van der Waals surface area contributed by atoms with Crippen LogP contribution in [0, 0.1) is 12.8 Å². The average molecular weight is 645 g/mol. The molecule has 12 heteroatoms. The van der Waals surface area contributed by atoms with E-state index in [-0.39, 0.29) is 66.7 Å². The summed E-state index contributed by atoms with van der Waals surface area (Å²) in [5.74, 6) is -1.74. The molecule has 3 aromatic carbocycles. The van der Waals surface area contributed by atoms with Gasteiger partial charge in [-0.1, -0.05) is 36.4 Å². The van der Waals surface area contributed by atoms with Crippen molar-refractivity contribution in [2.24, 2.45) is 5.92 Å². The van der Waals surface area contributed by atoms with Crippen LogP contribution >= 0.6 is 0 Å². The molecule has 47 heavy (non-hydrogen) atoms. The van der Waals surface area contributed by atoms with Crippen molar-refractivity contribution in [1.82, 2.24) is 0 Å². The van der Waals surface area contributed by atoms with Crippen LogP contribution < -0.4 is 9.47 Å². The van der Waals surface area contributed by atoms with Crippen molar-refractivity contribution in [3.63, 3.8) is 0 Å². The fourth-order valence-electron chi connectivity index (χ4n) is 5.06. The first kappa shape index (κ1) is 33.0. The predicted molar refractivity (Wildman–Crippen MR) is 163 cm³/mol. The van der Waals surface area contributed by atoms with Crippen molar-refractivity contribution in [3.8, 4) is 11.5 Å². The molecule has 3 aromatic rings. The van der Waals surface area contributed by atoms with Gasteiger partial charge in [0.05, 0.1) is 30.4 Å². The number of Topliss-reactive ketones (excluding diaryl/α,β-unsaturated/α-hetero) is 1. The average Bonchev–Trinajstić information content (AvgIpc) is 3.66. The Balaban J connectivity index is 1.06. The number of esters is 3. The molecule has 2 saturated heterocycles. The summed E-state index contributed by atoms with van der Waals surface area (Å²) in [5, 5.41) is 0. The second kappa shape index (κ2) is 15.3. The van der Waals surface area contributed by atoms with Gasteiger partial charge in [0.2, 0.25) is 0 Å². The topological polar surface area (TPSA) is 150 Å². The quantitative estimate of drug-likeness (QED) is 0.0513. The van der Waals surface area contributed by atoms with E-state index in [0.717, 1.165) is 11.6 Å². The van der Waals surface area contributed by atoms with E-state index in [1.165, 1.54) is 48.5 Å². The van der Waals surface area contributed by atoms with E-state index in [0.29, 0.717) is 12.2 Å². The van der Waals surface area contributed by atoms with Gasteiger partial charge in [-0.25, -0.2) is 19.2 Å². The number of fused-ring (bicyclic) bond motifs is 1. The van der Waals surface area contributed by atoms with Crippen molar-refractivity contribution in [3.05, 3.63) is 108 Å². The molecule has 0 saturated carbocycles. The molecule has 2 heterocycles. The second-order valence-corrected chi connectivity index (χ2v) is 10.8. The minimum atomic E-state index is -1.01. The largest absolute Gasteiger partial charge is 0.513 e. The summed E-state index contributed by atoms with van der Waals surface area (Å²) in [4.78, 5) is 61.0. The molecule has 0 amide bonds. The van der Waals surface area contributed by atoms with Crippen molar-refractivity contribution < 1.29 is 57.1 Å². The number of ether oxygens (including phenoxy) is 7. The Morgan fingerprint density at radius 2 is 1.30 bits per heavy atom. The number of hydrogen-bond acceptors (Lipinski definition) is 12. The summed E-state index contributed by atoms with van der Waals surface area (Å²) in [6.07, 6.45) is -1.20. The van der Waals surface area contributed by atoms with E-state index < -0.39 is 36.3 Å². The van der Waals surface area contributed by atoms with Gasteiger partial charge < -0.3 is 33.2 Å². The molecular weight excluding hydrogens is 612 g/mol. The molecule has 0 aliphatic carbocycles. The van der Waals surface area contributed by atoms with Crippen LogP contribution in [0.4, 0.5) is 4.79 Å². The Hall–Kier alpha value is -5.33. The Morgan fingerprint density at radius 3 is 1.96 bits per heavy atom. The highest BCUT2D eigenvalue weighted by Crippen LogP contribution is 2.35. The van der Waals surface area contributed by atoms with Crippen molar-refractivity contribution in [1.29, 1.82) is 0 Å². The number of hydrogen-bond donors (Lipinski definition) is 0. The lowest BCUT2D eigenvalue weighted by Crippen LogP contribution is -2.33. The van der Waals surface area contributed by atoms with E-state index in [1.807, 2.05) is 31.2 Å². The number of ketones is 1. The highest BCUT2D eigenvalue weighted by molar-refractivity contribution is 5.96. The smallest absolute Gasteiger partial charge is 0.459 e. The fourth-order valence-corrected chi connectivity index (χ4v) is 5.06. The van der Waals surface area contributed by atoms with Crippen molar-refractivity contribution in [2.45, 2.75) is 31.7 Å². The van der Waals surface area contributed by atoms with Crippen molar-refractivity contribution in [2.75, 3.05) is 26.4 Å². The molecular formula is C35H32O12. The summed E-state index contributed by atoms with van der Waals surface area (Å²) in [7, 11) is 0. The Bertz CT molecular complexity index is 1610. The van der Waals surface area contributed by atoms with E-state index in [4.69, 9.17) is 28.4 Å². The fraction of sp³-hybridized carbons (Fsp3) is 0.286. The summed E-state index contributed by atoms with van der Waals surface area (Å²) < 4.78 is 37.3. The first-order valence-electron chi connectivity index (χ1n) is 14.8. The number of carbonyl (C=O) groups is 5. The molecule has 4 atom stereocenters. The minimum Gasteiger partial charge on any atom is -0.459 e. The van der Waals surface area contributed by atoms with Crippen molar-refractivity contribution >= 4 is 29.8 Å². The van der Waals surface area contributed by atoms with E-state index in [2.05, 4.69) is 11.3 Å². The van der Waals surface area contributed by atoms with Crippen LogP contribution in [0.15, 0.2) is 85.5 Å². The van der Waals surface area contributed by atoms with Gasteiger partial charge in [0.15, 0.2) is 11.9 Å². The summed E-state index contributed by atoms with van der Waals surface area (Å²) >= 11 is 0. The SMILES string of the molecule is C=CC(=O)OCCOC(=O)Oc1ccc(C(=O)Oc2ccc(C(=O)O[C@H]3CO[C@@H]4[C@H](CC(=O)c5ccc(C)cc5)CO[C@@H]43)cc2)cc1. The molecule has 2 aliphatic heterocycles. The van der Waals surface area contributed by atoms with Gasteiger partial charge in [-0.2, -0.15) is 0 Å². The molecule has 5 rings (SSSR count). The first-order chi connectivity index (χ1) is 22.7. The second-order valence-electron chi connectivity index (χ2n) is 10.8. The van der Waals surface area contributed by atoms with Gasteiger partial charge in [-0.3, -0.25) is 4.79 Å². The highest BCUT2D eigenvalue weighted by atomic mass is 16.7. The van der Waals surface area contributed by atoms with E-state index in [9.17, 15) is 24.0 Å².